The number of nitrogens with zero attached hydrogens (tertiary/aromatic N) is 3. The van der Waals surface area contributed by atoms with E-state index in [9.17, 15) is 24.2 Å². The van der Waals surface area contributed by atoms with Gasteiger partial charge in [-0.3, -0.25) is 14.5 Å². The fourth-order valence-corrected chi connectivity index (χ4v) is 4.57. The molecule has 3 rings (SSSR count). The van der Waals surface area contributed by atoms with Gasteiger partial charge < -0.3 is 20.0 Å². The van der Waals surface area contributed by atoms with Crippen LogP contribution in [-0.2, 0) is 9.59 Å². The molecule has 0 saturated carbocycles. The second kappa shape index (κ2) is 12.5. The molecule has 2 N–H and O–H groups in total. The van der Waals surface area contributed by atoms with Gasteiger partial charge in [0, 0.05) is 38.7 Å². The number of amides is 2. The van der Waals surface area contributed by atoms with Crippen LogP contribution in [0.1, 0.15) is 37.7 Å². The van der Waals surface area contributed by atoms with Gasteiger partial charge in [0.25, 0.3) is 0 Å². The molecule has 1 aromatic rings. The highest BCUT2D eigenvalue weighted by atomic mass is 35.5. The molecule has 2 aliphatic heterocycles. The number of carbonyl (C=O) groups is 2. The quantitative estimate of drug-likeness (QED) is 0.439. The average Bonchev–Trinajstić information content (AvgIpc) is 2.99. The standard InChI is InChI=1S/C24H33ClFN3O4/c25-19-7-5-18(16-20(19)26)6-8-23(32)29-13-9-24(33)28(14-15-29)11-2-1-10-27-12-3-4-22(31)21(27)17-30/h5-8,16,21-22,30-31H,1-4,9-15,17H2/t21-,22-/m1/s1. The second-order valence-corrected chi connectivity index (χ2v) is 9.07. The number of aliphatic hydroxyl groups is 2. The highest BCUT2D eigenvalue weighted by Gasteiger charge is 2.29. The SMILES string of the molecule is O=C(C=Cc1ccc(Cl)c(F)c1)N1CCC(=O)N(CCCCN2CCC[C@@H](O)[C@H]2CO)CC1. The van der Waals surface area contributed by atoms with Crippen LogP contribution in [0.3, 0.4) is 0 Å². The van der Waals surface area contributed by atoms with Crippen molar-refractivity contribution >= 4 is 29.5 Å². The average molecular weight is 482 g/mol. The zero-order valence-electron chi connectivity index (χ0n) is 18.8. The van der Waals surface area contributed by atoms with Crippen molar-refractivity contribution in [2.45, 2.75) is 44.2 Å². The number of hydrogen-bond donors (Lipinski definition) is 2. The first-order chi connectivity index (χ1) is 15.9. The van der Waals surface area contributed by atoms with E-state index in [4.69, 9.17) is 11.6 Å². The van der Waals surface area contributed by atoms with E-state index in [0.717, 1.165) is 38.8 Å². The molecule has 0 aromatic heterocycles. The van der Waals surface area contributed by atoms with Gasteiger partial charge in [0.05, 0.1) is 23.8 Å². The van der Waals surface area contributed by atoms with E-state index < -0.39 is 11.9 Å². The lowest BCUT2D eigenvalue weighted by Gasteiger charge is -2.38. The van der Waals surface area contributed by atoms with Gasteiger partial charge in [0.1, 0.15) is 5.82 Å². The Bertz CT molecular complexity index is 853. The summed E-state index contributed by atoms with van der Waals surface area (Å²) in [7, 11) is 0. The zero-order valence-corrected chi connectivity index (χ0v) is 19.6. The summed E-state index contributed by atoms with van der Waals surface area (Å²) >= 11 is 5.68. The highest BCUT2D eigenvalue weighted by molar-refractivity contribution is 6.30. The zero-order chi connectivity index (χ0) is 23.8. The van der Waals surface area contributed by atoms with Crippen molar-refractivity contribution in [1.29, 1.82) is 0 Å². The van der Waals surface area contributed by atoms with Crippen molar-refractivity contribution in [3.8, 4) is 0 Å². The summed E-state index contributed by atoms with van der Waals surface area (Å²) in [5.74, 6) is -0.708. The molecule has 33 heavy (non-hydrogen) atoms. The van der Waals surface area contributed by atoms with Crippen molar-refractivity contribution < 1.29 is 24.2 Å². The predicted octanol–water partition coefficient (Wildman–Crippen LogP) is 2.15. The topological polar surface area (TPSA) is 84.3 Å². The number of halogens is 2. The maximum absolute atomic E-state index is 13.6. The number of likely N-dealkylation sites (tertiary alicyclic amines) is 1. The fourth-order valence-electron chi connectivity index (χ4n) is 4.45. The number of rotatable bonds is 8. The van der Waals surface area contributed by atoms with E-state index in [1.54, 1.807) is 21.9 Å². The van der Waals surface area contributed by atoms with E-state index in [2.05, 4.69) is 4.90 Å². The van der Waals surface area contributed by atoms with E-state index in [1.165, 1.54) is 18.2 Å². The van der Waals surface area contributed by atoms with Crippen LogP contribution in [0.2, 0.25) is 5.02 Å². The molecule has 2 aliphatic rings. The Labute approximate surface area is 199 Å². The van der Waals surface area contributed by atoms with Gasteiger partial charge in [-0.1, -0.05) is 17.7 Å². The van der Waals surface area contributed by atoms with Crippen LogP contribution in [0.15, 0.2) is 24.3 Å². The van der Waals surface area contributed by atoms with Gasteiger partial charge in [-0.25, -0.2) is 4.39 Å². The van der Waals surface area contributed by atoms with E-state index in [-0.39, 0.29) is 35.9 Å². The minimum Gasteiger partial charge on any atom is -0.395 e. The summed E-state index contributed by atoms with van der Waals surface area (Å²) in [4.78, 5) is 30.6. The normalized spacial score (nSPS) is 22.7. The van der Waals surface area contributed by atoms with Crippen molar-refractivity contribution in [3.05, 3.63) is 40.7 Å². The van der Waals surface area contributed by atoms with Crippen LogP contribution >= 0.6 is 11.6 Å². The maximum Gasteiger partial charge on any atom is 0.246 e. The summed E-state index contributed by atoms with van der Waals surface area (Å²) in [6, 6.07) is 4.15. The molecule has 0 spiro atoms. The summed E-state index contributed by atoms with van der Waals surface area (Å²) in [6.45, 7) is 3.53. The van der Waals surface area contributed by atoms with Gasteiger partial charge in [-0.15, -0.1) is 0 Å². The van der Waals surface area contributed by atoms with Crippen LogP contribution in [0, 0.1) is 5.82 Å². The lowest BCUT2D eigenvalue weighted by Crippen LogP contribution is -2.50. The first-order valence-corrected chi connectivity index (χ1v) is 12.0. The smallest absolute Gasteiger partial charge is 0.246 e. The molecule has 0 unspecified atom stereocenters. The van der Waals surface area contributed by atoms with E-state index in [1.807, 2.05) is 0 Å². The van der Waals surface area contributed by atoms with Crippen LogP contribution < -0.4 is 0 Å². The molecule has 2 atom stereocenters. The number of hydrogen-bond acceptors (Lipinski definition) is 5. The van der Waals surface area contributed by atoms with Gasteiger partial charge in [-0.2, -0.15) is 0 Å². The molecule has 0 radical (unpaired) electrons. The molecule has 0 aliphatic carbocycles. The molecule has 182 valence electrons. The van der Waals surface area contributed by atoms with Crippen LogP contribution in [-0.4, -0.2) is 94.7 Å². The Hall–Kier alpha value is -2.00. The Morgan fingerprint density at radius 3 is 2.73 bits per heavy atom. The largest absolute Gasteiger partial charge is 0.395 e. The lowest BCUT2D eigenvalue weighted by atomic mass is 9.99. The second-order valence-electron chi connectivity index (χ2n) is 8.67. The third-order valence-corrected chi connectivity index (χ3v) is 6.74. The highest BCUT2D eigenvalue weighted by Crippen LogP contribution is 2.19. The van der Waals surface area contributed by atoms with Crippen LogP contribution in [0.4, 0.5) is 4.39 Å². The molecule has 9 heteroatoms. The van der Waals surface area contributed by atoms with Crippen LogP contribution in [0.25, 0.3) is 6.08 Å². The number of aliphatic hydroxyl groups excluding tert-OH is 2. The lowest BCUT2D eigenvalue weighted by molar-refractivity contribution is -0.130. The van der Waals surface area contributed by atoms with Crippen molar-refractivity contribution in [2.24, 2.45) is 0 Å². The van der Waals surface area contributed by atoms with E-state index in [0.29, 0.717) is 31.7 Å². The fraction of sp³-hybridized carbons (Fsp3) is 0.583. The number of benzene rings is 1. The Morgan fingerprint density at radius 2 is 1.97 bits per heavy atom. The Morgan fingerprint density at radius 1 is 1.18 bits per heavy atom. The Balaban J connectivity index is 1.43. The molecule has 1 aromatic carbocycles. The molecule has 2 fully saturated rings. The minimum atomic E-state index is -0.536. The third kappa shape index (κ3) is 7.24. The van der Waals surface area contributed by atoms with Gasteiger partial charge in [-0.05, 0) is 62.5 Å². The number of piperidine rings is 1. The van der Waals surface area contributed by atoms with Crippen LogP contribution in [0.5, 0.6) is 0 Å². The predicted molar refractivity (Wildman–Crippen MR) is 125 cm³/mol. The monoisotopic (exact) mass is 481 g/mol. The summed E-state index contributed by atoms with van der Waals surface area (Å²) in [5.41, 5.74) is 0.544. The Kier molecular flexibility index (Phi) is 9.67. The van der Waals surface area contributed by atoms with Gasteiger partial charge >= 0.3 is 0 Å². The molecule has 2 amide bonds. The maximum atomic E-state index is 13.6. The first-order valence-electron chi connectivity index (χ1n) is 11.6. The van der Waals surface area contributed by atoms with Gasteiger partial charge in [0.15, 0.2) is 0 Å². The molecule has 0 bridgehead atoms. The van der Waals surface area contributed by atoms with Gasteiger partial charge in [0.2, 0.25) is 11.8 Å². The summed E-state index contributed by atoms with van der Waals surface area (Å²) < 4.78 is 13.6. The van der Waals surface area contributed by atoms with E-state index >= 15 is 0 Å². The molecule has 2 saturated heterocycles. The van der Waals surface area contributed by atoms with Crippen molar-refractivity contribution in [2.75, 3.05) is 45.9 Å². The molecule has 2 heterocycles. The number of unbranched alkanes of at least 4 members (excludes halogenated alkanes) is 1. The van der Waals surface area contributed by atoms with Crippen molar-refractivity contribution in [1.82, 2.24) is 14.7 Å². The summed E-state index contributed by atoms with van der Waals surface area (Å²) in [5, 5.41) is 19.6. The first kappa shape index (κ1) is 25.6. The minimum absolute atomic E-state index is 0.0336. The van der Waals surface area contributed by atoms with Crippen molar-refractivity contribution in [3.63, 3.8) is 0 Å². The summed E-state index contributed by atoms with van der Waals surface area (Å²) in [6.07, 6.45) is 6.09. The molecular formula is C24H33ClFN3O4. The molecular weight excluding hydrogens is 449 g/mol. The third-order valence-electron chi connectivity index (χ3n) is 6.43. The molecule has 7 nitrogen and oxygen atoms in total. The number of carbonyl (C=O) groups excluding carboxylic acids is 2.